The van der Waals surface area contributed by atoms with Crippen LogP contribution in [0.4, 0.5) is 0 Å². The quantitative estimate of drug-likeness (QED) is 0.502. The van der Waals surface area contributed by atoms with Crippen molar-refractivity contribution in [3.63, 3.8) is 0 Å². The van der Waals surface area contributed by atoms with Gasteiger partial charge in [-0.1, -0.05) is 30.0 Å². The van der Waals surface area contributed by atoms with Gasteiger partial charge in [0.05, 0.1) is 16.3 Å². The third-order valence-electron chi connectivity index (χ3n) is 3.61. The maximum absolute atomic E-state index is 12.0. The molecule has 1 unspecified atom stereocenters. The molecule has 3 rings (SSSR count). The number of rotatable bonds is 7. The van der Waals surface area contributed by atoms with Crippen molar-refractivity contribution in [1.82, 2.24) is 15.3 Å². The summed E-state index contributed by atoms with van der Waals surface area (Å²) in [7, 11) is 0. The van der Waals surface area contributed by atoms with Gasteiger partial charge >= 0.3 is 0 Å². The zero-order valence-electron chi connectivity index (χ0n) is 13.4. The Kier molecular flexibility index (Phi) is 5.82. The number of hydrogen-bond acceptors (Lipinski definition) is 5. The highest BCUT2D eigenvalue weighted by molar-refractivity contribution is 8.01. The van der Waals surface area contributed by atoms with Gasteiger partial charge in [-0.15, -0.1) is 11.3 Å². The summed E-state index contributed by atoms with van der Waals surface area (Å²) in [5.41, 5.74) is 2.07. The van der Waals surface area contributed by atoms with E-state index in [2.05, 4.69) is 21.4 Å². The smallest absolute Gasteiger partial charge is 0.220 e. The average molecular weight is 358 g/mol. The van der Waals surface area contributed by atoms with Crippen LogP contribution in [-0.4, -0.2) is 21.6 Å². The Morgan fingerprint density at radius 1 is 1.29 bits per heavy atom. The number of thioether (sulfide) groups is 1. The van der Waals surface area contributed by atoms with Gasteiger partial charge in [-0.25, -0.2) is 4.98 Å². The number of fused-ring (bicyclic) bond motifs is 1. The molecule has 0 saturated carbocycles. The number of nitrogens with zero attached hydrogens (tertiary/aromatic N) is 2. The van der Waals surface area contributed by atoms with Crippen molar-refractivity contribution in [2.45, 2.75) is 30.1 Å². The summed E-state index contributed by atoms with van der Waals surface area (Å²) >= 11 is 3.43. The largest absolute Gasteiger partial charge is 0.350 e. The second-order valence-electron chi connectivity index (χ2n) is 5.48. The van der Waals surface area contributed by atoms with Gasteiger partial charge in [0.15, 0.2) is 4.34 Å². The Balaban J connectivity index is 1.40. The molecule has 1 N–H and O–H groups in total. The molecule has 0 fully saturated rings. The van der Waals surface area contributed by atoms with Crippen LogP contribution in [0.15, 0.2) is 53.1 Å². The summed E-state index contributed by atoms with van der Waals surface area (Å²) in [5.74, 6) is 0.977. The Hall–Kier alpha value is -1.92. The number of aromatic nitrogens is 2. The molecule has 6 heteroatoms. The zero-order chi connectivity index (χ0) is 16.8. The van der Waals surface area contributed by atoms with Crippen molar-refractivity contribution in [3.8, 4) is 0 Å². The fourth-order valence-electron chi connectivity index (χ4n) is 2.33. The van der Waals surface area contributed by atoms with E-state index in [1.165, 1.54) is 4.70 Å². The van der Waals surface area contributed by atoms with Gasteiger partial charge in [-0.3, -0.25) is 9.78 Å². The average Bonchev–Trinajstić information content (AvgIpc) is 3.02. The molecule has 4 nitrogen and oxygen atoms in total. The number of amides is 1. The van der Waals surface area contributed by atoms with Crippen molar-refractivity contribution in [3.05, 3.63) is 54.4 Å². The molecule has 24 heavy (non-hydrogen) atoms. The third kappa shape index (κ3) is 4.55. The molecule has 0 bridgehead atoms. The van der Waals surface area contributed by atoms with Crippen LogP contribution in [0, 0.1) is 0 Å². The summed E-state index contributed by atoms with van der Waals surface area (Å²) in [6.07, 6.45) is 4.89. The summed E-state index contributed by atoms with van der Waals surface area (Å²) < 4.78 is 2.28. The lowest BCUT2D eigenvalue weighted by Gasteiger charge is -2.13. The SMILES string of the molecule is CC(NC(=O)CCCSc1nc2ccccc2s1)c1cccnc1. The van der Waals surface area contributed by atoms with Gasteiger partial charge in [0.1, 0.15) is 0 Å². The molecular formula is C18H19N3OS2. The fourth-order valence-corrected chi connectivity index (χ4v) is 4.41. The van der Waals surface area contributed by atoms with Crippen LogP contribution in [0.1, 0.15) is 31.4 Å². The van der Waals surface area contributed by atoms with Gasteiger partial charge in [-0.05, 0) is 37.1 Å². The topological polar surface area (TPSA) is 54.9 Å². The maximum Gasteiger partial charge on any atom is 0.220 e. The standard InChI is InChI=1S/C18H19N3OS2/c1-13(14-6-4-10-19-12-14)20-17(22)9-5-11-23-18-21-15-7-2-3-8-16(15)24-18/h2-4,6-8,10,12-13H,5,9,11H2,1H3,(H,20,22). The fraction of sp³-hybridized carbons (Fsp3) is 0.278. The van der Waals surface area contributed by atoms with Gasteiger partial charge in [0, 0.05) is 24.6 Å². The second kappa shape index (κ2) is 8.26. The van der Waals surface area contributed by atoms with Crippen molar-refractivity contribution < 1.29 is 4.79 Å². The number of para-hydroxylation sites is 1. The second-order valence-corrected chi connectivity index (χ2v) is 7.85. The lowest BCUT2D eigenvalue weighted by Crippen LogP contribution is -2.26. The number of carbonyl (C=O) groups is 1. The number of hydrogen-bond donors (Lipinski definition) is 1. The third-order valence-corrected chi connectivity index (χ3v) is 5.88. The molecule has 0 aliphatic heterocycles. The highest BCUT2D eigenvalue weighted by atomic mass is 32.2. The van der Waals surface area contributed by atoms with E-state index in [1.807, 2.05) is 37.3 Å². The maximum atomic E-state index is 12.0. The van der Waals surface area contributed by atoms with Gasteiger partial charge in [-0.2, -0.15) is 0 Å². The number of carbonyl (C=O) groups excluding carboxylic acids is 1. The molecule has 0 saturated heterocycles. The highest BCUT2D eigenvalue weighted by Crippen LogP contribution is 2.29. The first kappa shape index (κ1) is 16.9. The molecule has 2 aromatic heterocycles. The normalized spacial score (nSPS) is 12.2. The number of benzene rings is 1. The van der Waals surface area contributed by atoms with Crippen LogP contribution in [0.3, 0.4) is 0 Å². The molecule has 0 radical (unpaired) electrons. The predicted molar refractivity (Wildman–Crippen MR) is 100 cm³/mol. The molecular weight excluding hydrogens is 338 g/mol. The van der Waals surface area contributed by atoms with E-state index >= 15 is 0 Å². The molecule has 2 heterocycles. The predicted octanol–water partition coefficient (Wildman–Crippen LogP) is 4.44. The van der Waals surface area contributed by atoms with Gasteiger partial charge in [0.2, 0.25) is 5.91 Å². The minimum Gasteiger partial charge on any atom is -0.350 e. The first-order chi connectivity index (χ1) is 11.7. The number of nitrogens with one attached hydrogen (secondary N) is 1. The minimum absolute atomic E-state index is 0.0110. The van der Waals surface area contributed by atoms with E-state index in [1.54, 1.807) is 35.5 Å². The van der Waals surface area contributed by atoms with Crippen molar-refractivity contribution >= 4 is 39.2 Å². The number of pyridine rings is 1. The molecule has 1 atom stereocenters. The van der Waals surface area contributed by atoms with Crippen LogP contribution >= 0.6 is 23.1 Å². The Bertz CT molecular complexity index is 771. The summed E-state index contributed by atoms with van der Waals surface area (Å²) in [5, 5.41) is 3.02. The lowest BCUT2D eigenvalue weighted by molar-refractivity contribution is -0.121. The lowest BCUT2D eigenvalue weighted by atomic mass is 10.1. The molecule has 3 aromatic rings. The zero-order valence-corrected chi connectivity index (χ0v) is 15.1. The molecule has 0 aliphatic carbocycles. The number of thiazole rings is 1. The molecule has 1 amide bonds. The van der Waals surface area contributed by atoms with Crippen LogP contribution in [0.25, 0.3) is 10.2 Å². The summed E-state index contributed by atoms with van der Waals surface area (Å²) in [6.45, 7) is 1.98. The van der Waals surface area contributed by atoms with Crippen LogP contribution in [-0.2, 0) is 4.79 Å². The van der Waals surface area contributed by atoms with Gasteiger partial charge in [0.25, 0.3) is 0 Å². The first-order valence-electron chi connectivity index (χ1n) is 7.90. The highest BCUT2D eigenvalue weighted by Gasteiger charge is 2.10. The van der Waals surface area contributed by atoms with Crippen molar-refractivity contribution in [2.75, 3.05) is 5.75 Å². The van der Waals surface area contributed by atoms with E-state index in [9.17, 15) is 4.79 Å². The van der Waals surface area contributed by atoms with E-state index < -0.39 is 0 Å². The minimum atomic E-state index is -0.0110. The molecule has 124 valence electrons. The van der Waals surface area contributed by atoms with E-state index in [-0.39, 0.29) is 11.9 Å². The van der Waals surface area contributed by atoms with Crippen LogP contribution in [0.2, 0.25) is 0 Å². The Morgan fingerprint density at radius 2 is 2.17 bits per heavy atom. The summed E-state index contributed by atoms with van der Waals surface area (Å²) in [4.78, 5) is 20.7. The van der Waals surface area contributed by atoms with Gasteiger partial charge < -0.3 is 5.32 Å². The summed E-state index contributed by atoms with van der Waals surface area (Å²) in [6, 6.07) is 12.0. The molecule has 0 spiro atoms. The van der Waals surface area contributed by atoms with E-state index in [0.717, 1.165) is 27.6 Å². The van der Waals surface area contributed by atoms with E-state index in [0.29, 0.717) is 6.42 Å². The van der Waals surface area contributed by atoms with Crippen molar-refractivity contribution in [1.29, 1.82) is 0 Å². The van der Waals surface area contributed by atoms with Crippen molar-refractivity contribution in [2.24, 2.45) is 0 Å². The molecule has 1 aromatic carbocycles. The van der Waals surface area contributed by atoms with Crippen LogP contribution in [0.5, 0.6) is 0 Å². The Morgan fingerprint density at radius 3 is 2.96 bits per heavy atom. The molecule has 0 aliphatic rings. The first-order valence-corrected chi connectivity index (χ1v) is 9.70. The Labute approximate surface area is 149 Å². The monoisotopic (exact) mass is 357 g/mol. The van der Waals surface area contributed by atoms with E-state index in [4.69, 9.17) is 0 Å². The van der Waals surface area contributed by atoms with Crippen LogP contribution < -0.4 is 5.32 Å².